The second-order valence-corrected chi connectivity index (χ2v) is 3.18. The van der Waals surface area contributed by atoms with Crippen molar-refractivity contribution in [3.63, 3.8) is 0 Å². The number of likely N-dealkylation sites (N-methyl/N-ethyl adjacent to an activating group) is 1. The number of nitrogens with one attached hydrogen (secondary N) is 1. The summed E-state index contributed by atoms with van der Waals surface area (Å²) >= 11 is 0. The maximum Gasteiger partial charge on any atom is 0.111 e. The first kappa shape index (κ1) is 10.9. The van der Waals surface area contributed by atoms with Crippen LogP contribution in [0, 0.1) is 0 Å². The van der Waals surface area contributed by atoms with E-state index in [0.29, 0.717) is 6.54 Å². The molecule has 13 heavy (non-hydrogen) atoms. The van der Waals surface area contributed by atoms with Gasteiger partial charge < -0.3 is 25.4 Å². The zero-order valence-electron chi connectivity index (χ0n) is 7.68. The Morgan fingerprint density at radius 2 is 1.85 bits per heavy atom. The molecule has 1 aliphatic rings. The monoisotopic (exact) mass is 191 g/mol. The quantitative estimate of drug-likeness (QED) is 0.416. The maximum absolute atomic E-state index is 9.46. The van der Waals surface area contributed by atoms with Crippen LogP contribution in [0.4, 0.5) is 0 Å². The Kier molecular flexibility index (Phi) is 4.08. The van der Waals surface area contributed by atoms with E-state index in [0.717, 1.165) is 6.54 Å². The third-order valence-corrected chi connectivity index (χ3v) is 2.24. The highest BCUT2D eigenvalue weighted by Crippen LogP contribution is 2.20. The lowest BCUT2D eigenvalue weighted by atomic mass is 10.1. The van der Waals surface area contributed by atoms with Crippen molar-refractivity contribution < 1.29 is 20.1 Å². The van der Waals surface area contributed by atoms with Crippen LogP contribution < -0.4 is 5.32 Å². The summed E-state index contributed by atoms with van der Waals surface area (Å²) in [5.74, 6) is 0. The highest BCUT2D eigenvalue weighted by molar-refractivity contribution is 4.91. The van der Waals surface area contributed by atoms with Crippen LogP contribution in [0.3, 0.4) is 0 Å². The molecule has 0 bridgehead atoms. The van der Waals surface area contributed by atoms with E-state index in [2.05, 4.69) is 5.32 Å². The molecule has 1 fully saturated rings. The third-order valence-electron chi connectivity index (χ3n) is 2.24. The Labute approximate surface area is 77.3 Å². The summed E-state index contributed by atoms with van der Waals surface area (Å²) in [6.45, 7) is 2.96. The molecule has 5 heteroatoms. The Bertz CT molecular complexity index is 155. The minimum absolute atomic E-state index is 0.263. The van der Waals surface area contributed by atoms with E-state index in [1.807, 2.05) is 6.92 Å². The number of hydrogen-bond acceptors (Lipinski definition) is 5. The predicted octanol–water partition coefficient (Wildman–Crippen LogP) is -1.92. The molecule has 0 aromatic rings. The molecule has 4 N–H and O–H groups in total. The standard InChI is InChI=1S/C8H17NO4/c1-2-9-3-5-7(11)8(12)6(4-10)13-5/h5-12H,2-4H2,1H3/t5-,6+,7+,8+/m0/s1. The molecule has 0 unspecified atom stereocenters. The number of rotatable bonds is 4. The summed E-state index contributed by atoms with van der Waals surface area (Å²) < 4.78 is 5.22. The summed E-state index contributed by atoms with van der Waals surface area (Å²) in [5.41, 5.74) is 0. The molecule has 5 nitrogen and oxygen atoms in total. The van der Waals surface area contributed by atoms with Gasteiger partial charge in [-0.05, 0) is 6.54 Å². The zero-order valence-corrected chi connectivity index (χ0v) is 7.68. The molecule has 0 aromatic heterocycles. The average Bonchev–Trinajstić information content (AvgIpc) is 2.41. The van der Waals surface area contributed by atoms with E-state index < -0.39 is 24.4 Å². The van der Waals surface area contributed by atoms with Crippen molar-refractivity contribution in [2.45, 2.75) is 31.3 Å². The molecule has 0 spiro atoms. The first-order chi connectivity index (χ1) is 6.20. The smallest absolute Gasteiger partial charge is 0.111 e. The lowest BCUT2D eigenvalue weighted by Crippen LogP contribution is -2.38. The second kappa shape index (κ2) is 4.88. The molecule has 4 atom stereocenters. The minimum Gasteiger partial charge on any atom is -0.394 e. The summed E-state index contributed by atoms with van der Waals surface area (Å²) in [5, 5.41) is 30.6. The number of aliphatic hydroxyl groups is 3. The van der Waals surface area contributed by atoms with Crippen LogP contribution >= 0.6 is 0 Å². The molecule has 0 saturated carbocycles. The summed E-state index contributed by atoms with van der Waals surface area (Å²) in [7, 11) is 0. The molecular weight excluding hydrogens is 174 g/mol. The largest absolute Gasteiger partial charge is 0.394 e. The van der Waals surface area contributed by atoms with Crippen molar-refractivity contribution in [1.82, 2.24) is 5.32 Å². The van der Waals surface area contributed by atoms with Gasteiger partial charge in [0.25, 0.3) is 0 Å². The highest BCUT2D eigenvalue weighted by Gasteiger charge is 2.41. The Morgan fingerprint density at radius 1 is 1.23 bits per heavy atom. The van der Waals surface area contributed by atoms with E-state index >= 15 is 0 Å². The molecule has 0 aliphatic carbocycles. The van der Waals surface area contributed by atoms with E-state index in [1.54, 1.807) is 0 Å². The van der Waals surface area contributed by atoms with E-state index in [1.165, 1.54) is 0 Å². The fourth-order valence-electron chi connectivity index (χ4n) is 1.43. The normalized spacial score (nSPS) is 39.7. The molecular formula is C8H17NO4. The average molecular weight is 191 g/mol. The number of aliphatic hydroxyl groups excluding tert-OH is 3. The van der Waals surface area contributed by atoms with Gasteiger partial charge in [-0.2, -0.15) is 0 Å². The van der Waals surface area contributed by atoms with Gasteiger partial charge in [0, 0.05) is 6.54 Å². The van der Waals surface area contributed by atoms with Gasteiger partial charge in [0.1, 0.15) is 18.3 Å². The summed E-state index contributed by atoms with van der Waals surface area (Å²) in [4.78, 5) is 0. The van der Waals surface area contributed by atoms with Crippen molar-refractivity contribution in [3.05, 3.63) is 0 Å². The lowest BCUT2D eigenvalue weighted by molar-refractivity contribution is -0.0211. The van der Waals surface area contributed by atoms with Gasteiger partial charge in [-0.3, -0.25) is 0 Å². The number of hydrogen-bond donors (Lipinski definition) is 4. The predicted molar refractivity (Wildman–Crippen MR) is 46.3 cm³/mol. The molecule has 1 rings (SSSR count). The molecule has 1 aliphatic heterocycles. The first-order valence-corrected chi connectivity index (χ1v) is 4.53. The van der Waals surface area contributed by atoms with Gasteiger partial charge in [-0.25, -0.2) is 0 Å². The van der Waals surface area contributed by atoms with Crippen molar-refractivity contribution in [2.75, 3.05) is 19.7 Å². The number of ether oxygens (including phenoxy) is 1. The summed E-state index contributed by atoms with van der Waals surface area (Å²) in [6.07, 6.45) is -2.96. The topological polar surface area (TPSA) is 82.0 Å². The van der Waals surface area contributed by atoms with Gasteiger partial charge >= 0.3 is 0 Å². The molecule has 1 heterocycles. The Balaban J connectivity index is 2.40. The SMILES string of the molecule is CCNC[C@@H]1O[C@H](CO)[C@@H](O)[C@@H]1O. The van der Waals surface area contributed by atoms with Crippen molar-refractivity contribution in [3.8, 4) is 0 Å². The molecule has 0 radical (unpaired) electrons. The fourth-order valence-corrected chi connectivity index (χ4v) is 1.43. The van der Waals surface area contributed by atoms with Crippen LogP contribution in [0.15, 0.2) is 0 Å². The van der Waals surface area contributed by atoms with Crippen LogP contribution in [0.25, 0.3) is 0 Å². The zero-order chi connectivity index (χ0) is 9.84. The fraction of sp³-hybridized carbons (Fsp3) is 1.00. The second-order valence-electron chi connectivity index (χ2n) is 3.18. The summed E-state index contributed by atoms with van der Waals surface area (Å²) in [6, 6.07) is 0. The molecule has 0 aromatic carbocycles. The minimum atomic E-state index is -0.978. The van der Waals surface area contributed by atoms with Gasteiger partial charge in [-0.1, -0.05) is 6.92 Å². The van der Waals surface area contributed by atoms with Crippen LogP contribution in [0.2, 0.25) is 0 Å². The van der Waals surface area contributed by atoms with Crippen LogP contribution in [-0.4, -0.2) is 59.4 Å². The molecule has 78 valence electrons. The Hall–Kier alpha value is -0.200. The van der Waals surface area contributed by atoms with Crippen molar-refractivity contribution >= 4 is 0 Å². The Morgan fingerprint density at radius 3 is 2.31 bits per heavy atom. The first-order valence-electron chi connectivity index (χ1n) is 4.53. The van der Waals surface area contributed by atoms with Crippen LogP contribution in [0.5, 0.6) is 0 Å². The molecule has 0 amide bonds. The molecule has 1 saturated heterocycles. The van der Waals surface area contributed by atoms with Crippen LogP contribution in [-0.2, 0) is 4.74 Å². The highest BCUT2D eigenvalue weighted by atomic mass is 16.6. The van der Waals surface area contributed by atoms with Gasteiger partial charge in [0.05, 0.1) is 12.7 Å². The van der Waals surface area contributed by atoms with Gasteiger partial charge in [-0.15, -0.1) is 0 Å². The van der Waals surface area contributed by atoms with Gasteiger partial charge in [0.2, 0.25) is 0 Å². The van der Waals surface area contributed by atoms with E-state index in [-0.39, 0.29) is 6.61 Å². The van der Waals surface area contributed by atoms with Crippen molar-refractivity contribution in [1.29, 1.82) is 0 Å². The van der Waals surface area contributed by atoms with E-state index in [9.17, 15) is 10.2 Å². The van der Waals surface area contributed by atoms with Crippen LogP contribution in [0.1, 0.15) is 6.92 Å². The maximum atomic E-state index is 9.46. The van der Waals surface area contributed by atoms with Crippen molar-refractivity contribution in [2.24, 2.45) is 0 Å². The lowest BCUT2D eigenvalue weighted by Gasteiger charge is -2.14. The van der Waals surface area contributed by atoms with Gasteiger partial charge in [0.15, 0.2) is 0 Å². The van der Waals surface area contributed by atoms with E-state index in [4.69, 9.17) is 9.84 Å². The third kappa shape index (κ3) is 2.38.